The second-order valence-corrected chi connectivity index (χ2v) is 9.64. The van der Waals surface area contributed by atoms with Crippen LogP contribution in [0.5, 0.6) is 0 Å². The first-order valence-electron chi connectivity index (χ1n) is 11.3. The number of hydrogen-bond donors (Lipinski definition) is 0. The van der Waals surface area contributed by atoms with Crippen LogP contribution in [-0.4, -0.2) is 4.57 Å². The van der Waals surface area contributed by atoms with Crippen molar-refractivity contribution in [2.24, 2.45) is 0 Å². The van der Waals surface area contributed by atoms with Crippen molar-refractivity contribution in [2.45, 2.75) is 0 Å². The lowest BCUT2D eigenvalue weighted by atomic mass is 10.0. The van der Waals surface area contributed by atoms with E-state index in [1.54, 1.807) is 0 Å². The van der Waals surface area contributed by atoms with Crippen molar-refractivity contribution in [3.63, 3.8) is 0 Å². The molecule has 3 heteroatoms. The quantitative estimate of drug-likeness (QED) is 0.259. The van der Waals surface area contributed by atoms with E-state index in [4.69, 9.17) is 0 Å². The van der Waals surface area contributed by atoms with E-state index in [1.165, 1.54) is 47.6 Å². The number of hydrogen-bond acceptors (Lipinski definition) is 2. The molecule has 158 valence electrons. The van der Waals surface area contributed by atoms with Gasteiger partial charge >= 0.3 is 0 Å². The number of aromatic nitrogens is 1. The van der Waals surface area contributed by atoms with Gasteiger partial charge in [-0.3, -0.25) is 0 Å². The average Bonchev–Trinajstić information content (AvgIpc) is 3.43. The van der Waals surface area contributed by atoms with Crippen LogP contribution in [0.3, 0.4) is 0 Å². The number of thiophene rings is 1. The number of fused-ring (bicyclic) bond motifs is 6. The van der Waals surface area contributed by atoms with Crippen LogP contribution in [0.25, 0.3) is 58.8 Å². The monoisotopic (exact) mass is 450 g/mol. The summed E-state index contributed by atoms with van der Waals surface area (Å²) in [6.45, 7) is 0. The van der Waals surface area contributed by atoms with Gasteiger partial charge in [0.1, 0.15) is 0 Å². The zero-order valence-electron chi connectivity index (χ0n) is 18.2. The Morgan fingerprint density at radius 1 is 0.559 bits per heavy atom. The van der Waals surface area contributed by atoms with Gasteiger partial charge in [-0.05, 0) is 71.8 Å². The summed E-state index contributed by atoms with van der Waals surface area (Å²) in [6, 6.07) is 40.8. The summed E-state index contributed by atoms with van der Waals surface area (Å²) < 4.78 is 4.93. The third-order valence-corrected chi connectivity index (χ3v) is 7.79. The number of benzene rings is 5. The average molecular weight is 451 g/mol. The highest BCUT2D eigenvalue weighted by atomic mass is 32.1. The van der Waals surface area contributed by atoms with E-state index >= 15 is 0 Å². The van der Waals surface area contributed by atoms with Gasteiger partial charge in [-0.15, -0.1) is 11.3 Å². The highest BCUT2D eigenvalue weighted by molar-refractivity contribution is 7.25. The number of para-hydroxylation sites is 1. The summed E-state index contributed by atoms with van der Waals surface area (Å²) in [4.78, 5) is 0. The predicted octanol–water partition coefficient (Wildman–Crippen LogP) is 8.69. The summed E-state index contributed by atoms with van der Waals surface area (Å²) in [5.41, 5.74) is 6.50. The van der Waals surface area contributed by atoms with Gasteiger partial charge in [-0.1, -0.05) is 48.5 Å². The topological polar surface area (TPSA) is 28.7 Å². The summed E-state index contributed by atoms with van der Waals surface area (Å²) in [7, 11) is 0. The molecule has 5 aromatic carbocycles. The molecule has 0 aliphatic carbocycles. The van der Waals surface area contributed by atoms with E-state index in [-0.39, 0.29) is 0 Å². The van der Waals surface area contributed by atoms with Crippen molar-refractivity contribution in [3.8, 4) is 22.9 Å². The van der Waals surface area contributed by atoms with Crippen molar-refractivity contribution in [3.05, 3.63) is 115 Å². The molecule has 2 aromatic heterocycles. The van der Waals surface area contributed by atoms with Crippen LogP contribution in [0.1, 0.15) is 5.56 Å². The van der Waals surface area contributed by atoms with Crippen LogP contribution in [0, 0.1) is 11.3 Å². The van der Waals surface area contributed by atoms with Crippen molar-refractivity contribution in [1.29, 1.82) is 5.26 Å². The Hall–Kier alpha value is -4.39. The third kappa shape index (κ3) is 2.80. The number of rotatable bonds is 2. The largest absolute Gasteiger partial charge is 0.309 e. The second kappa shape index (κ2) is 7.31. The maximum absolute atomic E-state index is 9.20. The zero-order chi connectivity index (χ0) is 22.6. The molecular weight excluding hydrogens is 432 g/mol. The van der Waals surface area contributed by atoms with Crippen LogP contribution in [0.15, 0.2) is 109 Å². The first kappa shape index (κ1) is 19.1. The van der Waals surface area contributed by atoms with E-state index in [9.17, 15) is 5.26 Å². The lowest BCUT2D eigenvalue weighted by Gasteiger charge is -2.08. The maximum Gasteiger partial charge on any atom is 0.0991 e. The number of nitrogens with zero attached hydrogens (tertiary/aromatic N) is 2. The Morgan fingerprint density at radius 2 is 1.21 bits per heavy atom. The molecule has 0 saturated heterocycles. The maximum atomic E-state index is 9.20. The number of nitriles is 1. The molecule has 7 rings (SSSR count). The molecule has 0 aliphatic heterocycles. The Bertz CT molecular complexity index is 1910. The minimum absolute atomic E-state index is 0.670. The summed E-state index contributed by atoms with van der Waals surface area (Å²) in [5.74, 6) is 0. The molecule has 34 heavy (non-hydrogen) atoms. The zero-order valence-corrected chi connectivity index (χ0v) is 19.0. The SMILES string of the molecule is N#Cc1ccc(-n2c3ccccc3c3cc(-c4ccc5sc6ccccc6c5c4)ccc32)cc1. The molecule has 2 heterocycles. The fourth-order valence-electron chi connectivity index (χ4n) is 5.02. The van der Waals surface area contributed by atoms with E-state index in [2.05, 4.69) is 95.6 Å². The summed E-state index contributed by atoms with van der Waals surface area (Å²) in [5, 5.41) is 14.3. The van der Waals surface area contributed by atoms with Gasteiger partial charge in [0.25, 0.3) is 0 Å². The molecule has 2 nitrogen and oxygen atoms in total. The van der Waals surface area contributed by atoms with Gasteiger partial charge in [0, 0.05) is 36.6 Å². The minimum atomic E-state index is 0.670. The van der Waals surface area contributed by atoms with Gasteiger partial charge in [-0.25, -0.2) is 0 Å². The molecule has 0 bridgehead atoms. The third-order valence-electron chi connectivity index (χ3n) is 6.64. The van der Waals surface area contributed by atoms with Gasteiger partial charge in [0.2, 0.25) is 0 Å². The van der Waals surface area contributed by atoms with Gasteiger partial charge in [0.15, 0.2) is 0 Å². The van der Waals surface area contributed by atoms with Crippen LogP contribution < -0.4 is 0 Å². The molecular formula is C31H18N2S. The van der Waals surface area contributed by atoms with Crippen LogP contribution in [-0.2, 0) is 0 Å². The lowest BCUT2D eigenvalue weighted by Crippen LogP contribution is -1.93. The Balaban J connectivity index is 1.46. The van der Waals surface area contributed by atoms with E-state index in [0.717, 1.165) is 11.2 Å². The summed E-state index contributed by atoms with van der Waals surface area (Å²) in [6.07, 6.45) is 0. The Morgan fingerprint density at radius 3 is 2.03 bits per heavy atom. The fourth-order valence-corrected chi connectivity index (χ4v) is 6.11. The molecule has 0 unspecified atom stereocenters. The van der Waals surface area contributed by atoms with Crippen molar-refractivity contribution < 1.29 is 0 Å². The first-order chi connectivity index (χ1) is 16.8. The summed E-state index contributed by atoms with van der Waals surface area (Å²) >= 11 is 1.85. The van der Waals surface area contributed by atoms with Gasteiger partial charge in [-0.2, -0.15) is 5.26 Å². The minimum Gasteiger partial charge on any atom is -0.309 e. The van der Waals surface area contributed by atoms with Crippen LogP contribution in [0.4, 0.5) is 0 Å². The second-order valence-electron chi connectivity index (χ2n) is 8.55. The Kier molecular flexibility index (Phi) is 4.11. The van der Waals surface area contributed by atoms with E-state index in [1.807, 2.05) is 35.6 Å². The normalized spacial score (nSPS) is 11.5. The van der Waals surface area contributed by atoms with E-state index in [0.29, 0.717) is 5.56 Å². The van der Waals surface area contributed by atoms with Gasteiger partial charge in [0.05, 0.1) is 22.7 Å². The van der Waals surface area contributed by atoms with Crippen LogP contribution in [0.2, 0.25) is 0 Å². The highest BCUT2D eigenvalue weighted by Gasteiger charge is 2.14. The predicted molar refractivity (Wildman–Crippen MR) is 144 cm³/mol. The highest BCUT2D eigenvalue weighted by Crippen LogP contribution is 2.38. The molecule has 0 aliphatic rings. The van der Waals surface area contributed by atoms with Crippen molar-refractivity contribution in [1.82, 2.24) is 4.57 Å². The van der Waals surface area contributed by atoms with Gasteiger partial charge < -0.3 is 4.57 Å². The molecule has 0 amide bonds. The lowest BCUT2D eigenvalue weighted by molar-refractivity contribution is 1.18. The molecule has 0 saturated carbocycles. The fraction of sp³-hybridized carbons (Fsp3) is 0. The first-order valence-corrected chi connectivity index (χ1v) is 12.1. The molecule has 0 spiro atoms. The van der Waals surface area contributed by atoms with Crippen molar-refractivity contribution in [2.75, 3.05) is 0 Å². The molecule has 0 radical (unpaired) electrons. The van der Waals surface area contributed by atoms with Crippen molar-refractivity contribution >= 4 is 53.3 Å². The van der Waals surface area contributed by atoms with Crippen LogP contribution >= 0.6 is 11.3 Å². The molecule has 0 N–H and O–H groups in total. The molecule has 7 aromatic rings. The smallest absolute Gasteiger partial charge is 0.0991 e. The Labute approximate surface area is 200 Å². The standard InChI is InChI=1S/C31H18N2S/c32-19-20-9-13-23(14-10-20)33-28-7-3-1-5-24(28)26-17-21(11-15-29(26)33)22-12-16-31-27(18-22)25-6-2-4-8-30(25)34-31/h1-18H. The molecule has 0 fully saturated rings. The molecule has 0 atom stereocenters. The van der Waals surface area contributed by atoms with E-state index < -0.39 is 0 Å².